The number of amides is 2. The molecule has 6 nitrogen and oxygen atoms in total. The molecule has 0 bridgehead atoms. The maximum absolute atomic E-state index is 12.6. The van der Waals surface area contributed by atoms with E-state index in [4.69, 9.17) is 23.2 Å². The Hall–Kier alpha value is -2.18. The lowest BCUT2D eigenvalue weighted by molar-refractivity contribution is -0.133. The molecule has 0 aliphatic carbocycles. The van der Waals surface area contributed by atoms with Crippen LogP contribution in [0, 0.1) is 0 Å². The first-order chi connectivity index (χ1) is 11.5. The third-order valence-electron chi connectivity index (χ3n) is 3.85. The fraction of sp³-hybridized carbons (Fsp3) is 0.250. The second kappa shape index (κ2) is 6.75. The Bertz CT molecular complexity index is 812. The molecule has 0 N–H and O–H groups in total. The largest absolute Gasteiger partial charge is 0.342 e. The van der Waals surface area contributed by atoms with E-state index in [1.807, 2.05) is 0 Å². The quantitative estimate of drug-likeness (QED) is 0.820. The summed E-state index contributed by atoms with van der Waals surface area (Å²) in [6, 6.07) is 6.71. The molecule has 1 aliphatic rings. The lowest BCUT2D eigenvalue weighted by Gasteiger charge is -2.31. The molecule has 3 rings (SSSR count). The predicted molar refractivity (Wildman–Crippen MR) is 91.0 cm³/mol. The van der Waals surface area contributed by atoms with Crippen molar-refractivity contribution < 1.29 is 9.59 Å². The van der Waals surface area contributed by atoms with Crippen LogP contribution in [0.5, 0.6) is 0 Å². The van der Waals surface area contributed by atoms with Gasteiger partial charge in [0.25, 0.3) is 5.91 Å². The van der Waals surface area contributed by atoms with E-state index in [-0.39, 0.29) is 24.1 Å². The summed E-state index contributed by atoms with van der Waals surface area (Å²) in [4.78, 5) is 35.6. The molecule has 2 amide bonds. The van der Waals surface area contributed by atoms with Crippen molar-refractivity contribution in [3.8, 4) is 11.3 Å². The van der Waals surface area contributed by atoms with Gasteiger partial charge in [0.2, 0.25) is 5.91 Å². The summed E-state index contributed by atoms with van der Waals surface area (Å²) < 4.78 is 0. The summed E-state index contributed by atoms with van der Waals surface area (Å²) in [5.41, 5.74) is 1.53. The Labute approximate surface area is 149 Å². The highest BCUT2D eigenvalue weighted by Gasteiger charge is 2.26. The van der Waals surface area contributed by atoms with Gasteiger partial charge in [-0.1, -0.05) is 29.3 Å². The normalized spacial score (nSPS) is 14.9. The summed E-state index contributed by atoms with van der Waals surface area (Å²) >= 11 is 11.9. The number of piperazine rings is 1. The molecule has 1 aromatic carbocycles. The van der Waals surface area contributed by atoms with Gasteiger partial charge < -0.3 is 9.80 Å². The fourth-order valence-corrected chi connectivity index (χ4v) is 2.68. The first-order valence-corrected chi connectivity index (χ1v) is 8.02. The number of rotatable bonds is 2. The lowest BCUT2D eigenvalue weighted by atomic mass is 10.1. The zero-order valence-corrected chi connectivity index (χ0v) is 14.4. The molecule has 124 valence electrons. The Kier molecular flexibility index (Phi) is 4.69. The topological polar surface area (TPSA) is 66.4 Å². The van der Waals surface area contributed by atoms with Gasteiger partial charge in [-0.3, -0.25) is 9.59 Å². The molecule has 0 spiro atoms. The zero-order chi connectivity index (χ0) is 17.3. The highest BCUT2D eigenvalue weighted by molar-refractivity contribution is 6.42. The van der Waals surface area contributed by atoms with E-state index in [9.17, 15) is 9.59 Å². The number of likely N-dealkylation sites (N-methyl/N-ethyl adjacent to an activating group) is 1. The Morgan fingerprint density at radius 1 is 1.12 bits per heavy atom. The molecule has 1 aromatic heterocycles. The number of carbonyl (C=O) groups is 2. The predicted octanol–water partition coefficient (Wildman–Crippen LogP) is 2.36. The van der Waals surface area contributed by atoms with Crippen LogP contribution in [0.15, 0.2) is 30.6 Å². The number of hydrogen-bond acceptors (Lipinski definition) is 4. The van der Waals surface area contributed by atoms with E-state index in [0.717, 1.165) is 5.56 Å². The minimum Gasteiger partial charge on any atom is -0.342 e. The molecule has 0 unspecified atom stereocenters. The van der Waals surface area contributed by atoms with Crippen LogP contribution in [0.3, 0.4) is 0 Å². The Morgan fingerprint density at radius 2 is 1.92 bits per heavy atom. The van der Waals surface area contributed by atoms with Crippen LogP contribution in [0.4, 0.5) is 0 Å². The van der Waals surface area contributed by atoms with Crippen LogP contribution in [0.2, 0.25) is 10.0 Å². The number of carbonyl (C=O) groups excluding carboxylic acids is 2. The molecule has 2 heterocycles. The molecule has 0 radical (unpaired) electrons. The second-order valence-electron chi connectivity index (χ2n) is 5.46. The first-order valence-electron chi connectivity index (χ1n) is 7.26. The highest BCUT2D eigenvalue weighted by Crippen LogP contribution is 2.27. The van der Waals surface area contributed by atoms with Gasteiger partial charge in [-0.25, -0.2) is 9.97 Å². The molecule has 1 aliphatic heterocycles. The van der Waals surface area contributed by atoms with Crippen LogP contribution >= 0.6 is 23.2 Å². The van der Waals surface area contributed by atoms with Crippen LogP contribution in [0.25, 0.3) is 11.3 Å². The molecule has 8 heteroatoms. The molecule has 0 saturated carbocycles. The van der Waals surface area contributed by atoms with Gasteiger partial charge in [-0.05, 0) is 18.2 Å². The SMILES string of the molecule is CN1CCN(C(=O)c2cc(-c3ccc(Cl)c(Cl)c3)ncn2)CC1=O. The van der Waals surface area contributed by atoms with Crippen molar-refractivity contribution in [2.24, 2.45) is 0 Å². The Balaban J connectivity index is 1.86. The molecule has 1 saturated heterocycles. The van der Waals surface area contributed by atoms with Gasteiger partial charge >= 0.3 is 0 Å². The average Bonchev–Trinajstić information content (AvgIpc) is 2.59. The van der Waals surface area contributed by atoms with Crippen molar-refractivity contribution in [3.63, 3.8) is 0 Å². The van der Waals surface area contributed by atoms with E-state index in [1.165, 1.54) is 11.2 Å². The summed E-state index contributed by atoms with van der Waals surface area (Å²) in [6.45, 7) is 1.05. The highest BCUT2D eigenvalue weighted by atomic mass is 35.5. The maximum atomic E-state index is 12.6. The minimum atomic E-state index is -0.292. The van der Waals surface area contributed by atoms with Gasteiger partial charge in [0.15, 0.2) is 0 Å². The van der Waals surface area contributed by atoms with Gasteiger partial charge in [0, 0.05) is 25.7 Å². The van der Waals surface area contributed by atoms with Crippen LogP contribution in [-0.4, -0.2) is 58.3 Å². The van der Waals surface area contributed by atoms with Crippen molar-refractivity contribution in [2.45, 2.75) is 0 Å². The van der Waals surface area contributed by atoms with Gasteiger partial charge in [0.1, 0.15) is 18.6 Å². The van der Waals surface area contributed by atoms with E-state index in [0.29, 0.717) is 28.8 Å². The zero-order valence-electron chi connectivity index (χ0n) is 12.9. The van der Waals surface area contributed by atoms with E-state index in [2.05, 4.69) is 9.97 Å². The van der Waals surface area contributed by atoms with Crippen molar-refractivity contribution >= 4 is 35.0 Å². The summed E-state index contributed by atoms with van der Waals surface area (Å²) in [5, 5.41) is 0.854. The standard InChI is InChI=1S/C16H14Cl2N4O2/c1-21-4-5-22(8-15(21)23)16(24)14-7-13(19-9-20-14)10-2-3-11(17)12(18)6-10/h2-3,6-7,9H,4-5,8H2,1H3. The van der Waals surface area contributed by atoms with E-state index >= 15 is 0 Å². The third kappa shape index (κ3) is 3.34. The monoisotopic (exact) mass is 364 g/mol. The van der Waals surface area contributed by atoms with E-state index in [1.54, 1.807) is 36.2 Å². The second-order valence-corrected chi connectivity index (χ2v) is 6.27. The van der Waals surface area contributed by atoms with Crippen LogP contribution in [-0.2, 0) is 4.79 Å². The first kappa shape index (κ1) is 16.7. The molecule has 0 atom stereocenters. The molecular formula is C16H14Cl2N4O2. The van der Waals surface area contributed by atoms with Crippen molar-refractivity contribution in [1.29, 1.82) is 0 Å². The van der Waals surface area contributed by atoms with Crippen molar-refractivity contribution in [3.05, 3.63) is 46.3 Å². The van der Waals surface area contributed by atoms with Gasteiger partial charge in [-0.2, -0.15) is 0 Å². The van der Waals surface area contributed by atoms with Crippen LogP contribution < -0.4 is 0 Å². The Morgan fingerprint density at radius 3 is 2.62 bits per heavy atom. The third-order valence-corrected chi connectivity index (χ3v) is 4.59. The number of benzene rings is 1. The van der Waals surface area contributed by atoms with Gasteiger partial charge in [0.05, 0.1) is 15.7 Å². The number of aromatic nitrogens is 2. The molecule has 1 fully saturated rings. The fourth-order valence-electron chi connectivity index (χ4n) is 2.38. The smallest absolute Gasteiger partial charge is 0.273 e. The number of halogens is 2. The summed E-state index contributed by atoms with van der Waals surface area (Å²) in [7, 11) is 1.72. The average molecular weight is 365 g/mol. The van der Waals surface area contributed by atoms with Crippen molar-refractivity contribution in [2.75, 3.05) is 26.7 Å². The summed E-state index contributed by atoms with van der Waals surface area (Å²) in [6.07, 6.45) is 1.32. The summed E-state index contributed by atoms with van der Waals surface area (Å²) in [5.74, 6) is -0.381. The number of hydrogen-bond donors (Lipinski definition) is 0. The number of nitrogens with zero attached hydrogens (tertiary/aromatic N) is 4. The molecular weight excluding hydrogens is 351 g/mol. The molecule has 2 aromatic rings. The molecule has 24 heavy (non-hydrogen) atoms. The minimum absolute atomic E-state index is 0.0570. The maximum Gasteiger partial charge on any atom is 0.273 e. The van der Waals surface area contributed by atoms with Crippen LogP contribution in [0.1, 0.15) is 10.5 Å². The van der Waals surface area contributed by atoms with E-state index < -0.39 is 0 Å². The lowest BCUT2D eigenvalue weighted by Crippen LogP contribution is -2.50. The van der Waals surface area contributed by atoms with Crippen molar-refractivity contribution in [1.82, 2.24) is 19.8 Å². The van der Waals surface area contributed by atoms with Gasteiger partial charge in [-0.15, -0.1) is 0 Å².